The number of ether oxygens (including phenoxy) is 2. The van der Waals surface area contributed by atoms with Crippen LogP contribution in [0, 0.1) is 0 Å². The topological polar surface area (TPSA) is 111 Å². The standard InChI is InChI=1S/C11H14N2O5/c12-10(15)7-18-9-3-1-8(2-4-9)13-11(16)17-6-5-14/h1-4,14H,5-7H2,(H2,12,15)(H,13,16). The highest BCUT2D eigenvalue weighted by molar-refractivity contribution is 5.84. The van der Waals surface area contributed by atoms with Crippen LogP contribution in [0.2, 0.25) is 0 Å². The highest BCUT2D eigenvalue weighted by Crippen LogP contribution is 2.15. The molecule has 18 heavy (non-hydrogen) atoms. The highest BCUT2D eigenvalue weighted by Gasteiger charge is 2.03. The normalized spacial score (nSPS) is 9.61. The predicted octanol–water partition coefficient (Wildman–Crippen LogP) is 0.0915. The fraction of sp³-hybridized carbons (Fsp3) is 0.273. The van der Waals surface area contributed by atoms with E-state index in [4.69, 9.17) is 15.6 Å². The number of aliphatic hydroxyl groups is 1. The Balaban J connectivity index is 2.44. The third-order valence-corrected chi connectivity index (χ3v) is 1.81. The summed E-state index contributed by atoms with van der Waals surface area (Å²) in [5, 5.41) is 10.9. The lowest BCUT2D eigenvalue weighted by Gasteiger charge is -2.07. The molecular weight excluding hydrogens is 240 g/mol. The molecule has 0 aliphatic rings. The smallest absolute Gasteiger partial charge is 0.411 e. The number of rotatable bonds is 6. The Bertz CT molecular complexity index is 404. The Morgan fingerprint density at radius 3 is 2.50 bits per heavy atom. The van der Waals surface area contributed by atoms with Crippen molar-refractivity contribution in [3.63, 3.8) is 0 Å². The van der Waals surface area contributed by atoms with Gasteiger partial charge in [0.25, 0.3) is 5.91 Å². The molecule has 0 atom stereocenters. The second kappa shape index (κ2) is 7.13. The molecule has 98 valence electrons. The van der Waals surface area contributed by atoms with Crippen LogP contribution in [0.3, 0.4) is 0 Å². The summed E-state index contributed by atoms with van der Waals surface area (Å²) in [5.41, 5.74) is 5.43. The van der Waals surface area contributed by atoms with Crippen LogP contribution in [-0.2, 0) is 9.53 Å². The number of carbonyl (C=O) groups is 2. The van der Waals surface area contributed by atoms with Crippen molar-refractivity contribution >= 4 is 17.7 Å². The molecule has 0 aliphatic carbocycles. The zero-order valence-corrected chi connectivity index (χ0v) is 9.59. The number of nitrogens with one attached hydrogen (secondary N) is 1. The molecule has 1 aromatic carbocycles. The molecule has 1 rings (SSSR count). The first-order valence-electron chi connectivity index (χ1n) is 5.17. The van der Waals surface area contributed by atoms with Crippen molar-refractivity contribution in [2.75, 3.05) is 25.1 Å². The lowest BCUT2D eigenvalue weighted by molar-refractivity contribution is -0.119. The Labute approximate surface area is 103 Å². The summed E-state index contributed by atoms with van der Waals surface area (Å²) in [7, 11) is 0. The van der Waals surface area contributed by atoms with Crippen LogP contribution in [0.1, 0.15) is 0 Å². The zero-order valence-electron chi connectivity index (χ0n) is 9.59. The van der Waals surface area contributed by atoms with Crippen molar-refractivity contribution in [1.29, 1.82) is 0 Å². The highest BCUT2D eigenvalue weighted by atomic mass is 16.6. The van der Waals surface area contributed by atoms with Gasteiger partial charge in [-0.2, -0.15) is 0 Å². The third-order valence-electron chi connectivity index (χ3n) is 1.81. The van der Waals surface area contributed by atoms with Gasteiger partial charge in [-0.25, -0.2) is 4.79 Å². The van der Waals surface area contributed by atoms with E-state index in [2.05, 4.69) is 10.1 Å². The van der Waals surface area contributed by atoms with Crippen LogP contribution in [0.15, 0.2) is 24.3 Å². The Hall–Kier alpha value is -2.28. The molecule has 0 fully saturated rings. The molecule has 7 nitrogen and oxygen atoms in total. The number of nitrogens with two attached hydrogens (primary N) is 1. The third kappa shape index (κ3) is 5.17. The molecule has 4 N–H and O–H groups in total. The Kier molecular flexibility index (Phi) is 5.46. The zero-order chi connectivity index (χ0) is 13.4. The summed E-state index contributed by atoms with van der Waals surface area (Å²) in [4.78, 5) is 21.6. The predicted molar refractivity (Wildman–Crippen MR) is 63.2 cm³/mol. The number of primary amides is 1. The lowest BCUT2D eigenvalue weighted by atomic mass is 10.3. The van der Waals surface area contributed by atoms with Crippen LogP contribution in [0.25, 0.3) is 0 Å². The van der Waals surface area contributed by atoms with Crippen LogP contribution in [-0.4, -0.2) is 36.9 Å². The minimum Gasteiger partial charge on any atom is -0.484 e. The lowest BCUT2D eigenvalue weighted by Crippen LogP contribution is -2.20. The maximum Gasteiger partial charge on any atom is 0.411 e. The number of anilines is 1. The SMILES string of the molecule is NC(=O)COc1ccc(NC(=O)OCCO)cc1. The maximum atomic E-state index is 11.1. The van der Waals surface area contributed by atoms with Gasteiger partial charge in [-0.15, -0.1) is 0 Å². The van der Waals surface area contributed by atoms with Crippen molar-refractivity contribution in [2.45, 2.75) is 0 Å². The molecule has 0 unspecified atom stereocenters. The van der Waals surface area contributed by atoms with E-state index in [9.17, 15) is 9.59 Å². The fourth-order valence-electron chi connectivity index (χ4n) is 1.08. The molecule has 2 amide bonds. The number of benzene rings is 1. The van der Waals surface area contributed by atoms with Crippen LogP contribution in [0.5, 0.6) is 5.75 Å². The second-order valence-corrected chi connectivity index (χ2v) is 3.26. The molecule has 0 saturated carbocycles. The van der Waals surface area contributed by atoms with E-state index in [1.54, 1.807) is 24.3 Å². The average Bonchev–Trinajstić information content (AvgIpc) is 2.35. The first-order valence-corrected chi connectivity index (χ1v) is 5.17. The van der Waals surface area contributed by atoms with Gasteiger partial charge in [0.15, 0.2) is 6.61 Å². The minimum absolute atomic E-state index is 0.0638. The molecular formula is C11H14N2O5. The van der Waals surface area contributed by atoms with Crippen molar-refractivity contribution in [3.05, 3.63) is 24.3 Å². The van der Waals surface area contributed by atoms with E-state index in [0.29, 0.717) is 11.4 Å². The van der Waals surface area contributed by atoms with Gasteiger partial charge in [0, 0.05) is 5.69 Å². The van der Waals surface area contributed by atoms with Crippen LogP contribution in [0.4, 0.5) is 10.5 Å². The van der Waals surface area contributed by atoms with Gasteiger partial charge in [-0.05, 0) is 24.3 Å². The summed E-state index contributed by atoms with van der Waals surface area (Å²) in [5.74, 6) is -0.104. The minimum atomic E-state index is -0.658. The Morgan fingerprint density at radius 2 is 1.94 bits per heavy atom. The molecule has 0 heterocycles. The van der Waals surface area contributed by atoms with Crippen molar-refractivity contribution < 1.29 is 24.2 Å². The average molecular weight is 254 g/mol. The molecule has 0 spiro atoms. The molecule has 1 aromatic rings. The van der Waals surface area contributed by atoms with Crippen molar-refractivity contribution in [1.82, 2.24) is 0 Å². The van der Waals surface area contributed by atoms with Crippen LogP contribution < -0.4 is 15.8 Å². The van der Waals surface area contributed by atoms with E-state index in [1.165, 1.54) is 0 Å². The summed E-state index contributed by atoms with van der Waals surface area (Å²) in [6.45, 7) is -0.496. The van der Waals surface area contributed by atoms with E-state index < -0.39 is 12.0 Å². The quantitative estimate of drug-likeness (QED) is 0.666. The number of carbonyl (C=O) groups excluding carboxylic acids is 2. The molecule has 0 bridgehead atoms. The van der Waals surface area contributed by atoms with Gasteiger partial charge >= 0.3 is 6.09 Å². The molecule has 7 heteroatoms. The van der Waals surface area contributed by atoms with Gasteiger partial charge in [0.1, 0.15) is 12.4 Å². The number of hydrogen-bond acceptors (Lipinski definition) is 5. The fourth-order valence-corrected chi connectivity index (χ4v) is 1.08. The van der Waals surface area contributed by atoms with E-state index in [-0.39, 0.29) is 19.8 Å². The van der Waals surface area contributed by atoms with Gasteiger partial charge in [0.2, 0.25) is 0 Å². The molecule has 0 saturated heterocycles. The summed E-state index contributed by atoms with van der Waals surface area (Å²) in [6, 6.07) is 6.31. The van der Waals surface area contributed by atoms with Crippen molar-refractivity contribution in [3.8, 4) is 5.75 Å². The summed E-state index contributed by atoms with van der Waals surface area (Å²) in [6.07, 6.45) is -0.658. The van der Waals surface area contributed by atoms with Gasteiger partial charge < -0.3 is 20.3 Å². The Morgan fingerprint density at radius 1 is 1.28 bits per heavy atom. The number of amides is 2. The first kappa shape index (κ1) is 13.8. The summed E-state index contributed by atoms with van der Waals surface area (Å²) >= 11 is 0. The summed E-state index contributed by atoms with van der Waals surface area (Å²) < 4.78 is 9.65. The molecule has 0 aromatic heterocycles. The van der Waals surface area contributed by atoms with Gasteiger partial charge in [-0.3, -0.25) is 10.1 Å². The van der Waals surface area contributed by atoms with E-state index in [1.807, 2.05) is 0 Å². The first-order chi connectivity index (χ1) is 8.61. The van der Waals surface area contributed by atoms with Crippen LogP contribution >= 0.6 is 0 Å². The number of aliphatic hydroxyl groups excluding tert-OH is 1. The number of hydrogen-bond donors (Lipinski definition) is 3. The van der Waals surface area contributed by atoms with Gasteiger partial charge in [-0.1, -0.05) is 0 Å². The molecule has 0 aliphatic heterocycles. The monoisotopic (exact) mass is 254 g/mol. The largest absolute Gasteiger partial charge is 0.484 e. The molecule has 0 radical (unpaired) electrons. The van der Waals surface area contributed by atoms with E-state index >= 15 is 0 Å². The second-order valence-electron chi connectivity index (χ2n) is 3.26. The maximum absolute atomic E-state index is 11.1. The van der Waals surface area contributed by atoms with E-state index in [0.717, 1.165) is 0 Å². The van der Waals surface area contributed by atoms with Gasteiger partial charge in [0.05, 0.1) is 6.61 Å². The van der Waals surface area contributed by atoms with Crippen molar-refractivity contribution in [2.24, 2.45) is 5.73 Å².